The summed E-state index contributed by atoms with van der Waals surface area (Å²) in [6, 6.07) is 6.06. The van der Waals surface area contributed by atoms with Gasteiger partial charge in [-0.3, -0.25) is 4.79 Å². The smallest absolute Gasteiger partial charge is 0.241 e. The highest BCUT2D eigenvalue weighted by Crippen LogP contribution is 2.19. The Labute approximate surface area is 76.2 Å². The Morgan fingerprint density at radius 2 is 1.85 bits per heavy atom. The van der Waals surface area contributed by atoms with Crippen LogP contribution in [0.1, 0.15) is 12.5 Å². The second kappa shape index (κ2) is 3.06. The van der Waals surface area contributed by atoms with Crippen molar-refractivity contribution in [2.45, 2.75) is 12.5 Å². The number of aromatic hydroxyl groups is 1. The van der Waals surface area contributed by atoms with Gasteiger partial charge in [0.05, 0.1) is 0 Å². The fourth-order valence-corrected chi connectivity index (χ4v) is 0.950. The van der Waals surface area contributed by atoms with Crippen LogP contribution in [-0.4, -0.2) is 11.0 Å². The van der Waals surface area contributed by atoms with Crippen LogP contribution in [0.2, 0.25) is 0 Å². The Hall–Kier alpha value is -1.55. The number of nitrogens with two attached hydrogens (primary N) is 2. The molecule has 0 saturated carbocycles. The Morgan fingerprint density at radius 3 is 2.23 bits per heavy atom. The van der Waals surface area contributed by atoms with Gasteiger partial charge in [-0.2, -0.15) is 0 Å². The van der Waals surface area contributed by atoms with Crippen molar-refractivity contribution in [1.82, 2.24) is 0 Å². The fourth-order valence-electron chi connectivity index (χ4n) is 0.950. The number of amides is 1. The summed E-state index contributed by atoms with van der Waals surface area (Å²) >= 11 is 0. The fraction of sp³-hybridized carbons (Fsp3) is 0.222. The largest absolute Gasteiger partial charge is 0.508 e. The molecule has 0 aliphatic heterocycles. The molecule has 5 N–H and O–H groups in total. The molecule has 0 aromatic heterocycles. The first-order chi connectivity index (χ1) is 5.94. The van der Waals surface area contributed by atoms with Gasteiger partial charge in [0.15, 0.2) is 0 Å². The SMILES string of the molecule is CC(N)(C(N)=O)c1ccc(O)cc1. The number of carbonyl (C=O) groups is 1. The van der Waals surface area contributed by atoms with E-state index in [2.05, 4.69) is 0 Å². The molecule has 4 nitrogen and oxygen atoms in total. The molecule has 1 amide bonds. The van der Waals surface area contributed by atoms with Gasteiger partial charge in [-0.1, -0.05) is 12.1 Å². The highest BCUT2D eigenvalue weighted by Gasteiger charge is 2.27. The average Bonchev–Trinajstić information content (AvgIpc) is 2.04. The third kappa shape index (κ3) is 1.78. The van der Waals surface area contributed by atoms with Crippen LogP contribution >= 0.6 is 0 Å². The standard InChI is InChI=1S/C9H12N2O2/c1-9(11,8(10)13)6-2-4-7(12)5-3-6/h2-5,12H,11H2,1H3,(H2,10,13). The molecule has 1 unspecified atom stereocenters. The predicted octanol–water partition coefficient (Wildman–Crippen LogP) is 0.0514. The van der Waals surface area contributed by atoms with Crippen molar-refractivity contribution in [1.29, 1.82) is 0 Å². The first-order valence-electron chi connectivity index (χ1n) is 3.83. The van der Waals surface area contributed by atoms with E-state index in [-0.39, 0.29) is 5.75 Å². The number of carbonyl (C=O) groups excluding carboxylic acids is 1. The summed E-state index contributed by atoms with van der Waals surface area (Å²) in [5.41, 5.74) is 10.2. The first kappa shape index (κ1) is 9.54. The summed E-state index contributed by atoms with van der Waals surface area (Å²) in [5, 5.41) is 9.00. The number of phenols is 1. The van der Waals surface area contributed by atoms with Crippen LogP contribution < -0.4 is 11.5 Å². The zero-order chi connectivity index (χ0) is 10.1. The minimum atomic E-state index is -1.19. The van der Waals surface area contributed by atoms with Crippen molar-refractivity contribution in [2.24, 2.45) is 11.5 Å². The van der Waals surface area contributed by atoms with Gasteiger partial charge in [-0.25, -0.2) is 0 Å². The maximum Gasteiger partial charge on any atom is 0.241 e. The molecule has 0 fully saturated rings. The molecule has 1 atom stereocenters. The zero-order valence-electron chi connectivity index (χ0n) is 7.32. The molecular weight excluding hydrogens is 168 g/mol. The molecule has 1 aromatic carbocycles. The Morgan fingerprint density at radius 1 is 1.38 bits per heavy atom. The number of primary amides is 1. The molecule has 13 heavy (non-hydrogen) atoms. The summed E-state index contributed by atoms with van der Waals surface area (Å²) in [6.07, 6.45) is 0. The van der Waals surface area contributed by atoms with Gasteiger partial charge < -0.3 is 16.6 Å². The summed E-state index contributed by atoms with van der Waals surface area (Å²) in [6.45, 7) is 1.53. The molecule has 0 bridgehead atoms. The summed E-state index contributed by atoms with van der Waals surface area (Å²) < 4.78 is 0. The topological polar surface area (TPSA) is 89.3 Å². The molecule has 4 heteroatoms. The highest BCUT2D eigenvalue weighted by atomic mass is 16.3. The number of benzene rings is 1. The van der Waals surface area contributed by atoms with E-state index in [1.54, 1.807) is 12.1 Å². The molecule has 0 spiro atoms. The molecule has 0 radical (unpaired) electrons. The number of hydrogen-bond donors (Lipinski definition) is 3. The van der Waals surface area contributed by atoms with Crippen molar-refractivity contribution < 1.29 is 9.90 Å². The minimum absolute atomic E-state index is 0.129. The number of rotatable bonds is 2. The maximum absolute atomic E-state index is 10.9. The van der Waals surface area contributed by atoms with E-state index in [9.17, 15) is 4.79 Å². The van der Waals surface area contributed by atoms with Crippen molar-refractivity contribution >= 4 is 5.91 Å². The quantitative estimate of drug-likeness (QED) is 0.600. The third-order valence-electron chi connectivity index (χ3n) is 1.98. The van der Waals surface area contributed by atoms with Crippen molar-refractivity contribution in [3.05, 3.63) is 29.8 Å². The van der Waals surface area contributed by atoms with Gasteiger partial charge in [0, 0.05) is 0 Å². The lowest BCUT2D eigenvalue weighted by Gasteiger charge is -2.20. The first-order valence-corrected chi connectivity index (χ1v) is 3.83. The second-order valence-corrected chi connectivity index (χ2v) is 3.11. The van der Waals surface area contributed by atoms with Crippen molar-refractivity contribution in [3.63, 3.8) is 0 Å². The monoisotopic (exact) mass is 180 g/mol. The summed E-state index contributed by atoms with van der Waals surface area (Å²) in [4.78, 5) is 10.9. The van der Waals surface area contributed by atoms with E-state index in [0.29, 0.717) is 5.56 Å². The summed E-state index contributed by atoms with van der Waals surface area (Å²) in [7, 11) is 0. The lowest BCUT2D eigenvalue weighted by Crippen LogP contribution is -2.46. The van der Waals surface area contributed by atoms with Crippen LogP contribution in [0.25, 0.3) is 0 Å². The average molecular weight is 180 g/mol. The molecule has 0 aliphatic carbocycles. The van der Waals surface area contributed by atoms with Crippen LogP contribution in [-0.2, 0) is 10.3 Å². The molecule has 0 heterocycles. The number of hydrogen-bond acceptors (Lipinski definition) is 3. The number of phenolic OH excluding ortho intramolecular Hbond substituents is 1. The normalized spacial score (nSPS) is 14.9. The van der Waals surface area contributed by atoms with E-state index in [1.165, 1.54) is 19.1 Å². The Kier molecular flexibility index (Phi) is 2.25. The van der Waals surface area contributed by atoms with E-state index in [1.807, 2.05) is 0 Å². The van der Waals surface area contributed by atoms with Crippen molar-refractivity contribution in [3.8, 4) is 5.75 Å². The van der Waals surface area contributed by atoms with Crippen LogP contribution in [0.15, 0.2) is 24.3 Å². The highest BCUT2D eigenvalue weighted by molar-refractivity contribution is 5.85. The third-order valence-corrected chi connectivity index (χ3v) is 1.98. The second-order valence-electron chi connectivity index (χ2n) is 3.11. The van der Waals surface area contributed by atoms with Gasteiger partial charge >= 0.3 is 0 Å². The lowest BCUT2D eigenvalue weighted by atomic mass is 9.93. The van der Waals surface area contributed by atoms with E-state index >= 15 is 0 Å². The van der Waals surface area contributed by atoms with E-state index < -0.39 is 11.4 Å². The van der Waals surface area contributed by atoms with Crippen LogP contribution in [0, 0.1) is 0 Å². The molecule has 1 aromatic rings. The van der Waals surface area contributed by atoms with Gasteiger partial charge in [0.2, 0.25) is 5.91 Å². The van der Waals surface area contributed by atoms with Gasteiger partial charge in [0.25, 0.3) is 0 Å². The van der Waals surface area contributed by atoms with Crippen LogP contribution in [0.3, 0.4) is 0 Å². The Balaban J connectivity index is 3.08. The summed E-state index contributed by atoms with van der Waals surface area (Å²) in [5.74, 6) is -0.470. The van der Waals surface area contributed by atoms with Gasteiger partial charge in [0.1, 0.15) is 11.3 Å². The Bertz CT molecular complexity index is 317. The van der Waals surface area contributed by atoms with Crippen molar-refractivity contribution in [2.75, 3.05) is 0 Å². The molecule has 0 saturated heterocycles. The zero-order valence-corrected chi connectivity index (χ0v) is 7.32. The predicted molar refractivity (Wildman–Crippen MR) is 48.8 cm³/mol. The van der Waals surface area contributed by atoms with Gasteiger partial charge in [-0.05, 0) is 24.6 Å². The maximum atomic E-state index is 10.9. The van der Waals surface area contributed by atoms with E-state index in [0.717, 1.165) is 0 Å². The lowest BCUT2D eigenvalue weighted by molar-refractivity contribution is -0.122. The molecule has 1 rings (SSSR count). The van der Waals surface area contributed by atoms with Crippen LogP contribution in [0.4, 0.5) is 0 Å². The molecule has 0 aliphatic rings. The van der Waals surface area contributed by atoms with Gasteiger partial charge in [-0.15, -0.1) is 0 Å². The molecular formula is C9H12N2O2. The molecule has 70 valence electrons. The van der Waals surface area contributed by atoms with Crippen LogP contribution in [0.5, 0.6) is 5.75 Å². The minimum Gasteiger partial charge on any atom is -0.508 e. The van der Waals surface area contributed by atoms with E-state index in [4.69, 9.17) is 16.6 Å².